The van der Waals surface area contributed by atoms with Crippen LogP contribution in [0.5, 0.6) is 5.75 Å². The van der Waals surface area contributed by atoms with Crippen LogP contribution in [-0.4, -0.2) is 30.7 Å². The van der Waals surface area contributed by atoms with Gasteiger partial charge < -0.3 is 9.64 Å². The first-order chi connectivity index (χ1) is 13.0. The van der Waals surface area contributed by atoms with E-state index in [2.05, 4.69) is 0 Å². The van der Waals surface area contributed by atoms with E-state index in [9.17, 15) is 9.59 Å². The van der Waals surface area contributed by atoms with Crippen LogP contribution in [0.15, 0.2) is 54.6 Å². The van der Waals surface area contributed by atoms with Gasteiger partial charge in [0.05, 0.1) is 13.2 Å². The van der Waals surface area contributed by atoms with Crippen molar-refractivity contribution in [2.75, 3.05) is 14.2 Å². The van der Waals surface area contributed by atoms with Gasteiger partial charge in [0.1, 0.15) is 5.75 Å². The molecule has 0 unspecified atom stereocenters. The Morgan fingerprint density at radius 1 is 0.926 bits per heavy atom. The van der Waals surface area contributed by atoms with Gasteiger partial charge in [-0.3, -0.25) is 9.59 Å². The molecule has 4 nitrogen and oxygen atoms in total. The second-order valence-corrected chi connectivity index (χ2v) is 6.80. The highest BCUT2D eigenvalue weighted by atomic mass is 16.5. The zero-order valence-corrected chi connectivity index (χ0v) is 16.5. The summed E-state index contributed by atoms with van der Waals surface area (Å²) >= 11 is 0. The molecular weight excluding hydrogens is 338 g/mol. The Morgan fingerprint density at radius 3 is 2.19 bits per heavy atom. The zero-order valence-electron chi connectivity index (χ0n) is 16.5. The molecule has 144 valence electrons. The molecule has 0 radical (unpaired) electrons. The topological polar surface area (TPSA) is 46.6 Å². The maximum absolute atomic E-state index is 12.4. The van der Waals surface area contributed by atoms with Gasteiger partial charge in [-0.2, -0.15) is 0 Å². The van der Waals surface area contributed by atoms with Gasteiger partial charge in [-0.1, -0.05) is 36.8 Å². The summed E-state index contributed by atoms with van der Waals surface area (Å²) in [4.78, 5) is 26.4. The van der Waals surface area contributed by atoms with Crippen molar-refractivity contribution in [2.45, 2.75) is 45.1 Å². The highest BCUT2D eigenvalue weighted by molar-refractivity contribution is 5.96. The normalized spacial score (nSPS) is 11.7. The van der Waals surface area contributed by atoms with Crippen LogP contribution in [-0.2, 0) is 4.79 Å². The first kappa shape index (κ1) is 20.7. The maximum Gasteiger partial charge on any atom is 0.222 e. The minimum absolute atomic E-state index is 0.0651. The fourth-order valence-corrected chi connectivity index (χ4v) is 3.01. The summed E-state index contributed by atoms with van der Waals surface area (Å²) in [5, 5.41) is 0. The van der Waals surface area contributed by atoms with Gasteiger partial charge in [0.2, 0.25) is 5.91 Å². The summed E-state index contributed by atoms with van der Waals surface area (Å²) in [5.41, 5.74) is 1.85. The summed E-state index contributed by atoms with van der Waals surface area (Å²) in [7, 11) is 3.46. The third-order valence-corrected chi connectivity index (χ3v) is 4.96. The number of Topliss-reactive ketones (excluding diaryl/α,β-unsaturated/α-hetero) is 1. The number of carbonyl (C=O) groups excluding carboxylic acids is 2. The maximum atomic E-state index is 12.4. The first-order valence-corrected chi connectivity index (χ1v) is 9.50. The van der Waals surface area contributed by atoms with Crippen LogP contribution in [0.4, 0.5) is 0 Å². The second-order valence-electron chi connectivity index (χ2n) is 6.80. The molecule has 2 rings (SSSR count). The number of amides is 1. The van der Waals surface area contributed by atoms with Crippen molar-refractivity contribution < 1.29 is 14.3 Å². The Balaban J connectivity index is 1.68. The largest absolute Gasteiger partial charge is 0.497 e. The highest BCUT2D eigenvalue weighted by Crippen LogP contribution is 2.20. The summed E-state index contributed by atoms with van der Waals surface area (Å²) in [6, 6.07) is 17.3. The lowest BCUT2D eigenvalue weighted by atomic mass is 10.0. The number of methoxy groups -OCH3 is 1. The lowest BCUT2D eigenvalue weighted by Crippen LogP contribution is -2.29. The summed E-state index contributed by atoms with van der Waals surface area (Å²) in [6.07, 6.45) is 3.51. The number of ketones is 1. The van der Waals surface area contributed by atoms with Gasteiger partial charge in [0.15, 0.2) is 5.78 Å². The Bertz CT molecular complexity index is 725. The SMILES string of the molecule is COc1ccc(C(=O)CCCCCC(=O)N(C)[C@@H](C)c2ccccc2)cc1. The van der Waals surface area contributed by atoms with Crippen molar-refractivity contribution in [3.8, 4) is 5.75 Å². The molecule has 0 saturated heterocycles. The average molecular weight is 367 g/mol. The predicted molar refractivity (Wildman–Crippen MR) is 108 cm³/mol. The molecule has 0 saturated carbocycles. The molecule has 0 aliphatic rings. The van der Waals surface area contributed by atoms with Crippen molar-refractivity contribution >= 4 is 11.7 Å². The van der Waals surface area contributed by atoms with Gasteiger partial charge >= 0.3 is 0 Å². The highest BCUT2D eigenvalue weighted by Gasteiger charge is 2.16. The third-order valence-electron chi connectivity index (χ3n) is 4.96. The van der Waals surface area contributed by atoms with Gasteiger partial charge in [0.25, 0.3) is 0 Å². The smallest absolute Gasteiger partial charge is 0.222 e. The number of carbonyl (C=O) groups is 2. The number of hydrogen-bond acceptors (Lipinski definition) is 3. The van der Waals surface area contributed by atoms with E-state index in [4.69, 9.17) is 4.74 Å². The van der Waals surface area contributed by atoms with Crippen LogP contribution in [0.2, 0.25) is 0 Å². The van der Waals surface area contributed by atoms with Crippen molar-refractivity contribution in [3.63, 3.8) is 0 Å². The number of unbranched alkanes of at least 4 members (excludes halogenated alkanes) is 2. The van der Waals surface area contributed by atoms with Gasteiger partial charge in [-0.05, 0) is 49.6 Å². The van der Waals surface area contributed by atoms with E-state index >= 15 is 0 Å². The Hall–Kier alpha value is -2.62. The standard InChI is InChI=1S/C23H29NO3/c1-18(19-10-6-4-7-11-19)24(2)23(26)13-9-5-8-12-22(25)20-14-16-21(27-3)17-15-20/h4,6-7,10-11,14-18H,5,8-9,12-13H2,1-3H3/t18-/m0/s1. The summed E-state index contributed by atoms with van der Waals surface area (Å²) < 4.78 is 5.10. The van der Waals surface area contributed by atoms with Crippen LogP contribution in [0.1, 0.15) is 61.0 Å². The number of rotatable bonds is 10. The monoisotopic (exact) mass is 367 g/mol. The molecule has 2 aromatic rings. The van der Waals surface area contributed by atoms with Gasteiger partial charge in [-0.15, -0.1) is 0 Å². The van der Waals surface area contributed by atoms with E-state index in [1.165, 1.54) is 0 Å². The van der Waals surface area contributed by atoms with E-state index < -0.39 is 0 Å². The van der Waals surface area contributed by atoms with Gasteiger partial charge in [-0.25, -0.2) is 0 Å². The molecule has 0 N–H and O–H groups in total. The van der Waals surface area contributed by atoms with E-state index in [1.54, 1.807) is 36.3 Å². The van der Waals surface area contributed by atoms with Crippen molar-refractivity contribution in [2.24, 2.45) is 0 Å². The molecule has 0 bridgehead atoms. The molecule has 0 fully saturated rings. The van der Waals surface area contributed by atoms with E-state index in [-0.39, 0.29) is 17.7 Å². The van der Waals surface area contributed by atoms with Gasteiger partial charge in [0, 0.05) is 25.5 Å². The van der Waals surface area contributed by atoms with Crippen LogP contribution < -0.4 is 4.74 Å². The van der Waals surface area contributed by atoms with Crippen LogP contribution in [0.3, 0.4) is 0 Å². The lowest BCUT2D eigenvalue weighted by molar-refractivity contribution is -0.131. The van der Waals surface area contributed by atoms with E-state index in [1.807, 2.05) is 44.3 Å². The third kappa shape index (κ3) is 6.24. The minimum Gasteiger partial charge on any atom is -0.497 e. The minimum atomic E-state index is 0.0651. The molecule has 0 aromatic heterocycles. The van der Waals surface area contributed by atoms with Crippen molar-refractivity contribution in [3.05, 3.63) is 65.7 Å². The van der Waals surface area contributed by atoms with E-state index in [0.717, 1.165) is 30.6 Å². The van der Waals surface area contributed by atoms with Crippen LogP contribution in [0.25, 0.3) is 0 Å². The van der Waals surface area contributed by atoms with Crippen LogP contribution >= 0.6 is 0 Å². The first-order valence-electron chi connectivity index (χ1n) is 9.50. The van der Waals surface area contributed by atoms with Crippen LogP contribution in [0, 0.1) is 0 Å². The molecule has 2 aromatic carbocycles. The number of ether oxygens (including phenoxy) is 1. The Labute approximate surface area is 162 Å². The summed E-state index contributed by atoms with van der Waals surface area (Å²) in [5.74, 6) is 1.03. The molecule has 0 aliphatic carbocycles. The molecule has 0 aliphatic heterocycles. The molecule has 4 heteroatoms. The molecule has 0 spiro atoms. The fraction of sp³-hybridized carbons (Fsp3) is 0.391. The average Bonchev–Trinajstić information content (AvgIpc) is 2.72. The molecule has 1 amide bonds. The number of hydrogen-bond donors (Lipinski definition) is 0. The molecule has 27 heavy (non-hydrogen) atoms. The number of benzene rings is 2. The summed E-state index contributed by atoms with van der Waals surface area (Å²) in [6.45, 7) is 2.04. The Morgan fingerprint density at radius 2 is 1.56 bits per heavy atom. The lowest BCUT2D eigenvalue weighted by Gasteiger charge is -2.25. The Kier molecular flexibility index (Phi) is 8.05. The fourth-order valence-electron chi connectivity index (χ4n) is 3.01. The van der Waals surface area contributed by atoms with E-state index in [0.29, 0.717) is 18.4 Å². The second kappa shape index (κ2) is 10.5. The van der Waals surface area contributed by atoms with Crippen molar-refractivity contribution in [1.82, 2.24) is 4.90 Å². The zero-order chi connectivity index (χ0) is 19.6. The van der Waals surface area contributed by atoms with Crippen molar-refractivity contribution in [1.29, 1.82) is 0 Å². The molecule has 1 atom stereocenters. The quantitative estimate of drug-likeness (QED) is 0.436. The predicted octanol–water partition coefficient (Wildman–Crippen LogP) is 5.05. The number of nitrogens with zero attached hydrogens (tertiary/aromatic N) is 1. The molecular formula is C23H29NO3. The molecule has 0 heterocycles.